The number of phenolic OH excluding ortho intramolecular Hbond substituents is 1. The van der Waals surface area contributed by atoms with Crippen LogP contribution >= 0.6 is 0 Å². The van der Waals surface area contributed by atoms with Gasteiger partial charge in [0.05, 0.1) is 19.1 Å². The van der Waals surface area contributed by atoms with E-state index in [0.717, 1.165) is 11.1 Å². The van der Waals surface area contributed by atoms with Gasteiger partial charge in [0.2, 0.25) is 0 Å². The third-order valence-corrected chi connectivity index (χ3v) is 6.15. The summed E-state index contributed by atoms with van der Waals surface area (Å²) in [6.45, 7) is 15.6. The zero-order chi connectivity index (χ0) is 25.5. The van der Waals surface area contributed by atoms with Gasteiger partial charge < -0.3 is 19.3 Å². The van der Waals surface area contributed by atoms with Crippen LogP contribution in [-0.2, 0) is 29.9 Å². The zero-order valence-electron chi connectivity index (χ0n) is 21.4. The lowest BCUT2D eigenvalue weighted by Gasteiger charge is -2.33. The van der Waals surface area contributed by atoms with Crippen molar-refractivity contribution >= 4 is 11.9 Å². The topological polar surface area (TPSA) is 82.1 Å². The van der Waals surface area contributed by atoms with Gasteiger partial charge in [-0.15, -0.1) is 0 Å². The number of fused-ring (bicyclic) bond motifs is 1. The van der Waals surface area contributed by atoms with Gasteiger partial charge in [0.15, 0.2) is 0 Å². The molecule has 184 valence electrons. The van der Waals surface area contributed by atoms with Crippen LogP contribution in [0.3, 0.4) is 0 Å². The van der Waals surface area contributed by atoms with Crippen molar-refractivity contribution in [2.45, 2.75) is 77.7 Å². The first-order valence-corrected chi connectivity index (χ1v) is 11.8. The maximum Gasteiger partial charge on any atom is 0.363 e. The molecule has 0 saturated carbocycles. The van der Waals surface area contributed by atoms with E-state index in [-0.39, 0.29) is 19.0 Å². The number of para-hydroxylation sites is 1. The van der Waals surface area contributed by atoms with Crippen LogP contribution in [0.1, 0.15) is 83.6 Å². The molecule has 0 spiro atoms. The van der Waals surface area contributed by atoms with Crippen LogP contribution in [0.15, 0.2) is 36.4 Å². The predicted molar refractivity (Wildman–Crippen MR) is 130 cm³/mol. The van der Waals surface area contributed by atoms with Crippen molar-refractivity contribution in [1.82, 2.24) is 0 Å². The second-order valence-electron chi connectivity index (χ2n) is 10.7. The fourth-order valence-corrected chi connectivity index (χ4v) is 4.52. The highest BCUT2D eigenvalue weighted by Gasteiger charge is 2.63. The molecule has 1 N–H and O–H groups in total. The van der Waals surface area contributed by atoms with Gasteiger partial charge in [0.25, 0.3) is 0 Å². The average molecular weight is 469 g/mol. The molecule has 0 radical (unpaired) electrons. The summed E-state index contributed by atoms with van der Waals surface area (Å²) in [6, 6.07) is 11.0. The van der Waals surface area contributed by atoms with Crippen molar-refractivity contribution in [3.63, 3.8) is 0 Å². The summed E-state index contributed by atoms with van der Waals surface area (Å²) in [5.74, 6) is -1.76. The van der Waals surface area contributed by atoms with Crippen molar-refractivity contribution in [2.75, 3.05) is 13.2 Å². The van der Waals surface area contributed by atoms with Crippen LogP contribution in [0.5, 0.6) is 11.5 Å². The van der Waals surface area contributed by atoms with Crippen LogP contribution < -0.4 is 4.74 Å². The van der Waals surface area contributed by atoms with E-state index in [1.807, 2.05) is 65.8 Å². The molecule has 2 aromatic carbocycles. The number of benzene rings is 2. The first kappa shape index (κ1) is 25.6. The molecule has 6 heteroatoms. The zero-order valence-corrected chi connectivity index (χ0v) is 21.4. The predicted octanol–water partition coefficient (Wildman–Crippen LogP) is 5.38. The number of esters is 2. The quantitative estimate of drug-likeness (QED) is 0.469. The van der Waals surface area contributed by atoms with Gasteiger partial charge in [-0.05, 0) is 47.4 Å². The van der Waals surface area contributed by atoms with Crippen LogP contribution in [0, 0.1) is 0 Å². The lowest BCUT2D eigenvalue weighted by molar-refractivity contribution is -0.179. The van der Waals surface area contributed by atoms with Gasteiger partial charge >= 0.3 is 17.5 Å². The molecule has 1 aliphatic heterocycles. The Labute approximate surface area is 202 Å². The molecule has 0 aliphatic carbocycles. The van der Waals surface area contributed by atoms with Gasteiger partial charge in [-0.3, -0.25) is 0 Å². The summed E-state index contributed by atoms with van der Waals surface area (Å²) in [4.78, 5) is 26.9. The Morgan fingerprint density at radius 3 is 1.82 bits per heavy atom. The molecule has 1 unspecified atom stereocenters. The molecule has 0 aromatic heterocycles. The second-order valence-corrected chi connectivity index (χ2v) is 10.7. The Morgan fingerprint density at radius 2 is 1.38 bits per heavy atom. The fourth-order valence-electron chi connectivity index (χ4n) is 4.52. The number of phenols is 1. The Balaban J connectivity index is 2.41. The van der Waals surface area contributed by atoms with Gasteiger partial charge in [-0.25, -0.2) is 9.59 Å². The lowest BCUT2D eigenvalue weighted by Crippen LogP contribution is -2.55. The number of rotatable bonds is 5. The fraction of sp³-hybridized carbons (Fsp3) is 0.500. The van der Waals surface area contributed by atoms with Crippen LogP contribution in [0.4, 0.5) is 0 Å². The number of hydrogen-bond donors (Lipinski definition) is 1. The van der Waals surface area contributed by atoms with E-state index in [9.17, 15) is 14.7 Å². The van der Waals surface area contributed by atoms with Gasteiger partial charge in [-0.1, -0.05) is 71.9 Å². The molecule has 3 rings (SSSR count). The summed E-state index contributed by atoms with van der Waals surface area (Å²) in [5, 5.41) is 11.2. The first-order chi connectivity index (χ1) is 15.8. The number of aromatic hydroxyl groups is 1. The van der Waals surface area contributed by atoms with Crippen molar-refractivity contribution in [3.05, 3.63) is 58.7 Å². The Kier molecular flexibility index (Phi) is 6.75. The van der Waals surface area contributed by atoms with Gasteiger partial charge in [0.1, 0.15) is 11.5 Å². The Bertz CT molecular complexity index is 1030. The SMILES string of the molecule is CCOC(=O)C1(C(=O)OCC)Oc2ccccc2C1c1cc(C(C)(C)C)c(O)c(C(C)(C)C)c1. The van der Waals surface area contributed by atoms with Crippen LogP contribution in [0.2, 0.25) is 0 Å². The minimum absolute atomic E-state index is 0.0858. The molecule has 0 fully saturated rings. The molecule has 34 heavy (non-hydrogen) atoms. The monoisotopic (exact) mass is 468 g/mol. The minimum Gasteiger partial charge on any atom is -0.507 e. The molecule has 0 bridgehead atoms. The number of carbonyl (C=O) groups is 2. The Hall–Kier alpha value is -3.02. The Morgan fingerprint density at radius 1 is 0.912 bits per heavy atom. The van der Waals surface area contributed by atoms with Crippen LogP contribution in [-0.4, -0.2) is 35.9 Å². The van der Waals surface area contributed by atoms with E-state index in [0.29, 0.717) is 16.9 Å². The maximum absolute atomic E-state index is 13.5. The van der Waals surface area contributed by atoms with Crippen molar-refractivity contribution in [3.8, 4) is 11.5 Å². The summed E-state index contributed by atoms with van der Waals surface area (Å²) in [7, 11) is 0. The van der Waals surface area contributed by atoms with Crippen molar-refractivity contribution < 1.29 is 28.9 Å². The highest BCUT2D eigenvalue weighted by Crippen LogP contribution is 2.52. The minimum atomic E-state index is -2.03. The van der Waals surface area contributed by atoms with E-state index in [1.54, 1.807) is 26.0 Å². The summed E-state index contributed by atoms with van der Waals surface area (Å²) < 4.78 is 16.9. The third-order valence-electron chi connectivity index (χ3n) is 6.15. The van der Waals surface area contributed by atoms with E-state index < -0.39 is 34.3 Å². The highest BCUT2D eigenvalue weighted by atomic mass is 16.6. The number of ether oxygens (including phenoxy) is 3. The van der Waals surface area contributed by atoms with Crippen LogP contribution in [0.25, 0.3) is 0 Å². The number of hydrogen-bond acceptors (Lipinski definition) is 6. The van der Waals surface area contributed by atoms with E-state index in [2.05, 4.69) is 0 Å². The molecule has 1 atom stereocenters. The third kappa shape index (κ3) is 4.26. The smallest absolute Gasteiger partial charge is 0.363 e. The van der Waals surface area contributed by atoms with Gasteiger partial charge in [0, 0.05) is 5.56 Å². The van der Waals surface area contributed by atoms with E-state index in [1.165, 1.54) is 0 Å². The van der Waals surface area contributed by atoms with E-state index in [4.69, 9.17) is 14.2 Å². The largest absolute Gasteiger partial charge is 0.507 e. The molecule has 1 heterocycles. The maximum atomic E-state index is 13.5. The molecule has 2 aromatic rings. The second kappa shape index (κ2) is 8.97. The van der Waals surface area contributed by atoms with Crippen molar-refractivity contribution in [1.29, 1.82) is 0 Å². The number of carbonyl (C=O) groups excluding carboxylic acids is 2. The highest BCUT2D eigenvalue weighted by molar-refractivity contribution is 6.07. The molecule has 6 nitrogen and oxygen atoms in total. The van der Waals surface area contributed by atoms with E-state index >= 15 is 0 Å². The normalized spacial score (nSPS) is 17.0. The summed E-state index contributed by atoms with van der Waals surface area (Å²) >= 11 is 0. The van der Waals surface area contributed by atoms with Gasteiger partial charge in [-0.2, -0.15) is 0 Å². The lowest BCUT2D eigenvalue weighted by atomic mass is 9.73. The molecule has 1 aliphatic rings. The molecular weight excluding hydrogens is 432 g/mol. The van der Waals surface area contributed by atoms with Crippen molar-refractivity contribution in [2.24, 2.45) is 0 Å². The molecule has 0 amide bonds. The first-order valence-electron chi connectivity index (χ1n) is 11.8. The summed E-state index contributed by atoms with van der Waals surface area (Å²) in [6.07, 6.45) is 0. The molecule has 0 saturated heterocycles. The average Bonchev–Trinajstić information content (AvgIpc) is 3.09. The molecular formula is C28H36O6. The standard InChI is InChI=1S/C28H36O6/c1-9-32-24(30)28(25(31)33-10-2)22(18-13-11-12-14-21(18)34-28)17-15-19(26(3,4)5)23(29)20(16-17)27(6,7)8/h11-16,22,29H,9-10H2,1-8H3. The summed E-state index contributed by atoms with van der Waals surface area (Å²) in [5.41, 5.74) is -0.00288.